The number of allylic oxidation sites excluding steroid dienone is 1. The fourth-order valence-electron chi connectivity index (χ4n) is 3.59. The van der Waals surface area contributed by atoms with Crippen molar-refractivity contribution in [2.45, 2.75) is 110 Å². The average molecular weight is 338 g/mol. The summed E-state index contributed by atoms with van der Waals surface area (Å²) >= 11 is 0. The van der Waals surface area contributed by atoms with Crippen LogP contribution in [0.3, 0.4) is 0 Å². The minimum absolute atomic E-state index is 1.05. The molecule has 0 aromatic carbocycles. The SMILES string of the molecule is CC=C[Si](CC=NCCCCCCCCCC)(CCC)CCC. The molecule has 0 heterocycles. The van der Waals surface area contributed by atoms with Crippen molar-refractivity contribution in [3.8, 4) is 0 Å². The highest BCUT2D eigenvalue weighted by molar-refractivity contribution is 6.86. The van der Waals surface area contributed by atoms with Crippen molar-refractivity contribution in [1.29, 1.82) is 0 Å². The van der Waals surface area contributed by atoms with Crippen molar-refractivity contribution >= 4 is 14.3 Å². The third-order valence-corrected chi connectivity index (χ3v) is 9.81. The van der Waals surface area contributed by atoms with Crippen LogP contribution in [0, 0.1) is 0 Å². The summed E-state index contributed by atoms with van der Waals surface area (Å²) in [7, 11) is -1.22. The van der Waals surface area contributed by atoms with Crippen molar-refractivity contribution in [1.82, 2.24) is 0 Å². The van der Waals surface area contributed by atoms with Crippen molar-refractivity contribution in [3.05, 3.63) is 11.8 Å². The number of unbranched alkanes of at least 4 members (excludes halogenated alkanes) is 7. The molecule has 0 rings (SSSR count). The molecule has 0 radical (unpaired) electrons. The molecular weight excluding hydrogens is 294 g/mol. The topological polar surface area (TPSA) is 12.4 Å². The Morgan fingerprint density at radius 3 is 1.83 bits per heavy atom. The Bertz CT molecular complexity index is 290. The van der Waals surface area contributed by atoms with E-state index < -0.39 is 8.07 Å². The lowest BCUT2D eigenvalue weighted by Crippen LogP contribution is -2.31. The Balaban J connectivity index is 3.87. The summed E-state index contributed by atoms with van der Waals surface area (Å²) in [4.78, 5) is 4.73. The monoisotopic (exact) mass is 337 g/mol. The van der Waals surface area contributed by atoms with Crippen LogP contribution in [0.1, 0.15) is 91.9 Å². The molecule has 0 fully saturated rings. The quantitative estimate of drug-likeness (QED) is 0.156. The van der Waals surface area contributed by atoms with Gasteiger partial charge in [-0.2, -0.15) is 0 Å². The van der Waals surface area contributed by atoms with Crippen LogP contribution in [0.15, 0.2) is 16.8 Å². The molecule has 0 aromatic heterocycles. The van der Waals surface area contributed by atoms with Gasteiger partial charge in [-0.25, -0.2) is 0 Å². The maximum Gasteiger partial charge on any atom is 0.0825 e. The van der Waals surface area contributed by atoms with E-state index >= 15 is 0 Å². The van der Waals surface area contributed by atoms with E-state index in [0.29, 0.717) is 0 Å². The molecule has 0 spiro atoms. The van der Waals surface area contributed by atoms with Crippen molar-refractivity contribution in [3.63, 3.8) is 0 Å². The molecule has 0 bridgehead atoms. The zero-order chi connectivity index (χ0) is 17.2. The van der Waals surface area contributed by atoms with E-state index in [2.05, 4.69) is 45.7 Å². The van der Waals surface area contributed by atoms with E-state index in [-0.39, 0.29) is 0 Å². The molecule has 0 aliphatic carbocycles. The van der Waals surface area contributed by atoms with Crippen LogP contribution in [0.5, 0.6) is 0 Å². The lowest BCUT2D eigenvalue weighted by atomic mass is 10.1. The first-order chi connectivity index (χ1) is 11.2. The predicted octanol–water partition coefficient (Wildman–Crippen LogP) is 7.58. The van der Waals surface area contributed by atoms with Crippen LogP contribution in [0.4, 0.5) is 0 Å². The molecule has 0 unspecified atom stereocenters. The Morgan fingerprint density at radius 1 is 0.739 bits per heavy atom. The van der Waals surface area contributed by atoms with Gasteiger partial charge in [0.2, 0.25) is 0 Å². The molecule has 0 atom stereocenters. The summed E-state index contributed by atoms with van der Waals surface area (Å²) in [6.45, 7) is 10.2. The molecule has 1 nitrogen and oxygen atoms in total. The van der Waals surface area contributed by atoms with Crippen LogP contribution in [-0.2, 0) is 0 Å². The summed E-state index contributed by atoms with van der Waals surface area (Å²) in [6.07, 6.45) is 18.3. The van der Waals surface area contributed by atoms with E-state index in [9.17, 15) is 0 Å². The highest BCUT2D eigenvalue weighted by Gasteiger charge is 2.26. The maximum atomic E-state index is 4.73. The van der Waals surface area contributed by atoms with Crippen LogP contribution < -0.4 is 0 Å². The molecule has 23 heavy (non-hydrogen) atoms. The fraction of sp³-hybridized carbons (Fsp3) is 0.857. The third kappa shape index (κ3) is 12.7. The number of rotatable bonds is 16. The van der Waals surface area contributed by atoms with Gasteiger partial charge in [0, 0.05) is 6.54 Å². The summed E-state index contributed by atoms with van der Waals surface area (Å²) < 4.78 is 0. The van der Waals surface area contributed by atoms with Gasteiger partial charge in [-0.3, -0.25) is 4.99 Å². The van der Waals surface area contributed by atoms with Gasteiger partial charge in [-0.1, -0.05) is 102 Å². The highest BCUT2D eigenvalue weighted by Crippen LogP contribution is 2.25. The summed E-state index contributed by atoms with van der Waals surface area (Å²) in [5, 5.41) is 0. The van der Waals surface area contributed by atoms with E-state index in [1.54, 1.807) is 0 Å². The lowest BCUT2D eigenvalue weighted by molar-refractivity contribution is 0.578. The standard InChI is InChI=1S/C21H43NSi/c1-5-9-10-11-12-13-14-15-16-22-17-21-23(18-6-2,19-7-3)20-8-4/h6,17-18H,5,7-16,19-21H2,1-4H3. The van der Waals surface area contributed by atoms with Crippen molar-refractivity contribution in [2.75, 3.05) is 6.54 Å². The average Bonchev–Trinajstić information content (AvgIpc) is 2.53. The molecule has 136 valence electrons. The molecule has 0 saturated carbocycles. The normalized spacial score (nSPS) is 12.7. The van der Waals surface area contributed by atoms with Crippen LogP contribution in [0.25, 0.3) is 0 Å². The van der Waals surface area contributed by atoms with Gasteiger partial charge in [0.1, 0.15) is 0 Å². The molecule has 0 aliphatic rings. The summed E-state index contributed by atoms with van der Waals surface area (Å²) in [5.41, 5.74) is 2.57. The number of hydrogen-bond donors (Lipinski definition) is 0. The van der Waals surface area contributed by atoms with Gasteiger partial charge in [0.05, 0.1) is 8.07 Å². The van der Waals surface area contributed by atoms with E-state index in [1.165, 1.54) is 82.3 Å². The molecular formula is C21H43NSi. The number of nitrogens with zero attached hydrogens (tertiary/aromatic N) is 1. The van der Waals surface area contributed by atoms with E-state index in [0.717, 1.165) is 6.54 Å². The first-order valence-electron chi connectivity index (χ1n) is 10.4. The minimum atomic E-state index is -1.22. The van der Waals surface area contributed by atoms with Crippen molar-refractivity contribution < 1.29 is 0 Å². The van der Waals surface area contributed by atoms with E-state index in [1.807, 2.05) is 0 Å². The van der Waals surface area contributed by atoms with Crippen molar-refractivity contribution in [2.24, 2.45) is 4.99 Å². The Hall–Kier alpha value is -0.373. The lowest BCUT2D eigenvalue weighted by Gasteiger charge is -2.26. The van der Waals surface area contributed by atoms with Gasteiger partial charge in [-0.15, -0.1) is 0 Å². The van der Waals surface area contributed by atoms with Crippen LogP contribution in [0.2, 0.25) is 18.1 Å². The second kappa shape index (κ2) is 16.5. The van der Waals surface area contributed by atoms with Crippen LogP contribution in [-0.4, -0.2) is 20.8 Å². The Kier molecular flexibility index (Phi) is 16.2. The first kappa shape index (κ1) is 22.6. The summed E-state index contributed by atoms with van der Waals surface area (Å²) in [5.74, 6) is 0. The van der Waals surface area contributed by atoms with Gasteiger partial charge in [0.25, 0.3) is 0 Å². The molecule has 0 aliphatic heterocycles. The fourth-order valence-corrected chi connectivity index (χ4v) is 7.91. The van der Waals surface area contributed by atoms with Crippen LogP contribution >= 0.6 is 0 Å². The molecule has 0 amide bonds. The summed E-state index contributed by atoms with van der Waals surface area (Å²) in [6, 6.07) is 4.11. The van der Waals surface area contributed by atoms with Gasteiger partial charge in [-0.05, 0) is 25.6 Å². The highest BCUT2D eigenvalue weighted by atomic mass is 28.3. The second-order valence-electron chi connectivity index (χ2n) is 7.13. The smallest absolute Gasteiger partial charge is 0.0825 e. The molecule has 0 aromatic rings. The van der Waals surface area contributed by atoms with E-state index in [4.69, 9.17) is 4.99 Å². The van der Waals surface area contributed by atoms with Gasteiger partial charge in [0.15, 0.2) is 0 Å². The minimum Gasteiger partial charge on any atom is -0.298 e. The first-order valence-corrected chi connectivity index (χ1v) is 13.1. The third-order valence-electron chi connectivity index (χ3n) is 4.78. The largest absolute Gasteiger partial charge is 0.298 e. The Morgan fingerprint density at radius 2 is 1.30 bits per heavy atom. The Labute approximate surface area is 148 Å². The molecule has 0 saturated heterocycles. The molecule has 2 heteroatoms. The second-order valence-corrected chi connectivity index (χ2v) is 11.6. The number of hydrogen-bond acceptors (Lipinski definition) is 1. The van der Waals surface area contributed by atoms with Gasteiger partial charge < -0.3 is 0 Å². The zero-order valence-corrected chi connectivity index (χ0v) is 17.6. The molecule has 0 N–H and O–H groups in total. The zero-order valence-electron chi connectivity index (χ0n) is 16.6. The number of aliphatic imine (C=N–C) groups is 1. The van der Waals surface area contributed by atoms with Gasteiger partial charge >= 0.3 is 0 Å². The predicted molar refractivity (Wildman–Crippen MR) is 112 cm³/mol. The maximum absolute atomic E-state index is 4.73.